The Morgan fingerprint density at radius 3 is 1.43 bits per heavy atom. The molecule has 0 radical (unpaired) electrons. The maximum atomic E-state index is 12.5. The average Bonchev–Trinajstić information content (AvgIpc) is 3.11. The van der Waals surface area contributed by atoms with Crippen molar-refractivity contribution in [3.05, 3.63) is 24.3 Å². The highest BCUT2D eigenvalue weighted by molar-refractivity contribution is 7.47. The fourth-order valence-electron chi connectivity index (χ4n) is 5.68. The monoisotopic (exact) mass is 744 g/mol. The van der Waals surface area contributed by atoms with Crippen molar-refractivity contribution in [2.45, 2.75) is 200 Å². The van der Waals surface area contributed by atoms with Crippen LogP contribution in [0.3, 0.4) is 0 Å². The van der Waals surface area contributed by atoms with E-state index < -0.39 is 32.5 Å². The molecule has 0 aromatic heterocycles. The van der Waals surface area contributed by atoms with E-state index in [2.05, 4.69) is 38.2 Å². The van der Waals surface area contributed by atoms with Gasteiger partial charge in [0.25, 0.3) is 0 Å². The number of esters is 2. The molecule has 0 aliphatic heterocycles. The minimum absolute atomic E-state index is 0.0503. The van der Waals surface area contributed by atoms with Crippen LogP contribution < -0.4 is 5.73 Å². The molecule has 51 heavy (non-hydrogen) atoms. The average molecular weight is 744 g/mol. The smallest absolute Gasteiger partial charge is 0.462 e. The van der Waals surface area contributed by atoms with Crippen LogP contribution >= 0.6 is 7.82 Å². The highest BCUT2D eigenvalue weighted by Crippen LogP contribution is 2.43. The molecule has 0 saturated carbocycles. The molecule has 0 aliphatic carbocycles. The Hall–Kier alpha value is -1.51. The minimum Gasteiger partial charge on any atom is -0.462 e. The van der Waals surface area contributed by atoms with E-state index in [9.17, 15) is 19.0 Å². The number of unbranched alkanes of at least 4 members (excludes halogenated alkanes) is 22. The second kappa shape index (κ2) is 38.2. The van der Waals surface area contributed by atoms with Gasteiger partial charge in [-0.2, -0.15) is 0 Å². The molecule has 3 N–H and O–H groups in total. The van der Waals surface area contributed by atoms with E-state index in [0.29, 0.717) is 6.42 Å². The van der Waals surface area contributed by atoms with Crippen LogP contribution in [0.4, 0.5) is 0 Å². The van der Waals surface area contributed by atoms with Gasteiger partial charge < -0.3 is 20.1 Å². The summed E-state index contributed by atoms with van der Waals surface area (Å²) in [6.07, 6.45) is 39.2. The van der Waals surface area contributed by atoms with Gasteiger partial charge >= 0.3 is 19.8 Å². The van der Waals surface area contributed by atoms with Crippen molar-refractivity contribution >= 4 is 19.8 Å². The Morgan fingerprint density at radius 1 is 0.569 bits per heavy atom. The number of allylic oxidation sites excluding steroid dienone is 4. The number of hydrogen-bond acceptors (Lipinski definition) is 8. The first kappa shape index (κ1) is 49.5. The van der Waals surface area contributed by atoms with Gasteiger partial charge in [0.15, 0.2) is 6.10 Å². The van der Waals surface area contributed by atoms with Crippen LogP contribution in [0.15, 0.2) is 24.3 Å². The van der Waals surface area contributed by atoms with Crippen molar-refractivity contribution in [3.8, 4) is 0 Å². The van der Waals surface area contributed by atoms with Crippen LogP contribution in [-0.4, -0.2) is 49.3 Å². The molecule has 2 atom stereocenters. The second-order valence-electron chi connectivity index (χ2n) is 13.8. The predicted octanol–water partition coefficient (Wildman–Crippen LogP) is 11.6. The first-order chi connectivity index (χ1) is 24.8. The molecular formula is C41H78NO8P. The van der Waals surface area contributed by atoms with Gasteiger partial charge in [-0.1, -0.05) is 141 Å². The normalized spacial score (nSPS) is 13.6. The van der Waals surface area contributed by atoms with Crippen molar-refractivity contribution < 1.29 is 37.6 Å². The number of nitrogens with two attached hydrogens (primary N) is 1. The molecule has 10 heteroatoms. The number of rotatable bonds is 39. The van der Waals surface area contributed by atoms with E-state index in [1.807, 2.05) is 0 Å². The van der Waals surface area contributed by atoms with Gasteiger partial charge in [-0.3, -0.25) is 18.6 Å². The van der Waals surface area contributed by atoms with Gasteiger partial charge in [-0.25, -0.2) is 4.57 Å². The zero-order valence-electron chi connectivity index (χ0n) is 32.8. The van der Waals surface area contributed by atoms with Crippen molar-refractivity contribution in [1.82, 2.24) is 0 Å². The quantitative estimate of drug-likeness (QED) is 0.0273. The number of phosphoric acid groups is 1. The molecule has 0 spiro atoms. The summed E-state index contributed by atoms with van der Waals surface area (Å²) in [7, 11) is -4.38. The third-order valence-corrected chi connectivity index (χ3v) is 9.79. The summed E-state index contributed by atoms with van der Waals surface area (Å²) < 4.78 is 32.7. The Labute approximate surface area is 312 Å². The van der Waals surface area contributed by atoms with E-state index >= 15 is 0 Å². The van der Waals surface area contributed by atoms with Crippen LogP contribution in [-0.2, 0) is 32.7 Å². The van der Waals surface area contributed by atoms with Gasteiger partial charge in [-0.05, 0) is 64.2 Å². The fraction of sp³-hybridized carbons (Fsp3) is 0.854. The molecule has 0 aromatic rings. The summed E-state index contributed by atoms with van der Waals surface area (Å²) in [5.74, 6) is -0.860. The third kappa shape index (κ3) is 38.0. The van der Waals surface area contributed by atoms with E-state index in [-0.39, 0.29) is 32.6 Å². The Kier molecular flexibility index (Phi) is 37.1. The van der Waals surface area contributed by atoms with Crippen LogP contribution in [0.5, 0.6) is 0 Å². The topological polar surface area (TPSA) is 134 Å². The van der Waals surface area contributed by atoms with E-state index in [1.165, 1.54) is 103 Å². The molecule has 0 rings (SSSR count). The van der Waals surface area contributed by atoms with E-state index in [1.54, 1.807) is 0 Å². The summed E-state index contributed by atoms with van der Waals surface area (Å²) in [5, 5.41) is 0. The predicted molar refractivity (Wildman–Crippen MR) is 211 cm³/mol. The van der Waals surface area contributed by atoms with Gasteiger partial charge in [-0.15, -0.1) is 0 Å². The lowest BCUT2D eigenvalue weighted by molar-refractivity contribution is -0.161. The number of hydrogen-bond donors (Lipinski definition) is 2. The molecule has 1 unspecified atom stereocenters. The minimum atomic E-state index is -4.38. The van der Waals surface area contributed by atoms with Gasteiger partial charge in [0.1, 0.15) is 6.61 Å². The van der Waals surface area contributed by atoms with Crippen LogP contribution in [0.25, 0.3) is 0 Å². The molecule has 0 fully saturated rings. The Bertz CT molecular complexity index is 897. The summed E-state index contributed by atoms with van der Waals surface area (Å²) >= 11 is 0. The first-order valence-electron chi connectivity index (χ1n) is 20.8. The van der Waals surface area contributed by atoms with E-state index in [4.69, 9.17) is 24.3 Å². The van der Waals surface area contributed by atoms with E-state index in [0.717, 1.165) is 57.8 Å². The van der Waals surface area contributed by atoms with Gasteiger partial charge in [0.2, 0.25) is 0 Å². The molecular weight excluding hydrogens is 665 g/mol. The fourth-order valence-corrected chi connectivity index (χ4v) is 6.45. The molecule has 9 nitrogen and oxygen atoms in total. The second-order valence-corrected chi connectivity index (χ2v) is 15.3. The highest BCUT2D eigenvalue weighted by atomic mass is 31.2. The number of carbonyl (C=O) groups excluding carboxylic acids is 2. The first-order valence-corrected chi connectivity index (χ1v) is 22.3. The van der Waals surface area contributed by atoms with Gasteiger partial charge in [0.05, 0.1) is 13.2 Å². The van der Waals surface area contributed by atoms with Crippen LogP contribution in [0, 0.1) is 0 Å². The largest absolute Gasteiger partial charge is 0.472 e. The Balaban J connectivity index is 4.21. The van der Waals surface area contributed by atoms with Gasteiger partial charge in [0, 0.05) is 19.4 Å². The maximum absolute atomic E-state index is 12.5. The molecule has 0 heterocycles. The summed E-state index contributed by atoms with van der Waals surface area (Å²) in [6, 6.07) is 0. The van der Waals surface area contributed by atoms with Crippen molar-refractivity contribution in [3.63, 3.8) is 0 Å². The van der Waals surface area contributed by atoms with Crippen molar-refractivity contribution in [1.29, 1.82) is 0 Å². The lowest BCUT2D eigenvalue weighted by Gasteiger charge is -2.19. The summed E-state index contributed by atoms with van der Waals surface area (Å²) in [5.41, 5.74) is 5.34. The highest BCUT2D eigenvalue weighted by Gasteiger charge is 2.25. The third-order valence-electron chi connectivity index (χ3n) is 8.81. The molecule has 300 valence electrons. The number of ether oxygens (including phenoxy) is 2. The van der Waals surface area contributed by atoms with Crippen LogP contribution in [0.1, 0.15) is 194 Å². The number of phosphoric ester groups is 1. The molecule has 0 amide bonds. The lowest BCUT2D eigenvalue weighted by Crippen LogP contribution is -2.29. The SMILES string of the molecule is CCCCCCCC/C=C/CCCCCCCC(=O)OC[C@H](COP(=O)(O)OCCN)OC(=O)CCCC/C=C/CCCCCCCCCCC. The number of carbonyl (C=O) groups is 2. The Morgan fingerprint density at radius 2 is 0.961 bits per heavy atom. The molecule has 0 bridgehead atoms. The van der Waals surface area contributed by atoms with Crippen molar-refractivity contribution in [2.75, 3.05) is 26.4 Å². The molecule has 0 saturated heterocycles. The maximum Gasteiger partial charge on any atom is 0.472 e. The summed E-state index contributed by atoms with van der Waals surface area (Å²) in [4.78, 5) is 34.8. The zero-order valence-corrected chi connectivity index (χ0v) is 33.7. The standard InChI is InChI=1S/C41H78NO8P/c1-3-5-7-9-11-13-15-17-19-21-23-25-27-29-31-33-40(43)47-37-39(38-49-51(45,46)48-36-35-42)50-41(44)34-32-30-28-26-24-22-20-18-16-14-12-10-8-6-4-2/h17,19,24,26,39H,3-16,18,20-23,25,27-38,42H2,1-2H3,(H,45,46)/b19-17+,26-24+/t39-/m1/s1. The van der Waals surface area contributed by atoms with Crippen LogP contribution in [0.2, 0.25) is 0 Å². The van der Waals surface area contributed by atoms with Crippen molar-refractivity contribution in [2.24, 2.45) is 5.73 Å². The molecule has 0 aliphatic rings. The summed E-state index contributed by atoms with van der Waals surface area (Å²) in [6.45, 7) is 3.70. The zero-order chi connectivity index (χ0) is 37.5. The lowest BCUT2D eigenvalue weighted by atomic mass is 10.1. The molecule has 0 aromatic carbocycles.